The molecule has 1 aliphatic carbocycles. The van der Waals surface area contributed by atoms with Gasteiger partial charge in [-0.05, 0) is 68.4 Å². The van der Waals surface area contributed by atoms with Crippen molar-refractivity contribution >= 4 is 34.3 Å². The van der Waals surface area contributed by atoms with E-state index in [1.54, 1.807) is 13.2 Å². The van der Waals surface area contributed by atoms with E-state index in [-0.39, 0.29) is 12.0 Å². The summed E-state index contributed by atoms with van der Waals surface area (Å²) in [4.78, 5) is 26.1. The summed E-state index contributed by atoms with van der Waals surface area (Å²) >= 11 is 1.47. The summed E-state index contributed by atoms with van der Waals surface area (Å²) in [7, 11) is 2.94. The van der Waals surface area contributed by atoms with Crippen molar-refractivity contribution in [1.29, 1.82) is 0 Å². The van der Waals surface area contributed by atoms with Crippen molar-refractivity contribution in [2.24, 2.45) is 5.92 Å². The molecule has 0 fully saturated rings. The molecule has 31 heavy (non-hydrogen) atoms. The van der Waals surface area contributed by atoms with Crippen LogP contribution in [0.5, 0.6) is 11.5 Å². The van der Waals surface area contributed by atoms with Gasteiger partial charge in [-0.15, -0.1) is 11.3 Å². The summed E-state index contributed by atoms with van der Waals surface area (Å²) in [6, 6.07) is 5.49. The number of carbonyl (C=O) groups excluding carboxylic acids is 2. The minimum atomic E-state index is -0.406. The highest BCUT2D eigenvalue weighted by Gasteiger charge is 2.28. The molecule has 1 aromatic heterocycles. The van der Waals surface area contributed by atoms with Gasteiger partial charge in [0.05, 0.1) is 25.9 Å². The first-order chi connectivity index (χ1) is 14.8. The van der Waals surface area contributed by atoms with Crippen LogP contribution in [0.2, 0.25) is 0 Å². The number of anilines is 1. The van der Waals surface area contributed by atoms with E-state index in [4.69, 9.17) is 14.2 Å². The SMILES string of the molecule is COC(=O)c1c(NC(=O)C=Cc2ccc(OC(C)C)c(OC)c2)sc2c1CCC(C)C2. The number of ether oxygens (including phenoxy) is 3. The molecule has 0 spiro atoms. The average Bonchev–Trinajstić information content (AvgIpc) is 3.08. The van der Waals surface area contributed by atoms with Gasteiger partial charge in [0.15, 0.2) is 11.5 Å². The first-order valence-electron chi connectivity index (χ1n) is 10.4. The second-order valence-electron chi connectivity index (χ2n) is 7.95. The highest BCUT2D eigenvalue weighted by Crippen LogP contribution is 2.40. The van der Waals surface area contributed by atoms with Gasteiger partial charge in [-0.25, -0.2) is 4.79 Å². The molecule has 1 amide bonds. The van der Waals surface area contributed by atoms with Gasteiger partial charge in [0.2, 0.25) is 5.91 Å². The average molecular weight is 444 g/mol. The van der Waals surface area contributed by atoms with E-state index in [1.165, 1.54) is 24.5 Å². The summed E-state index contributed by atoms with van der Waals surface area (Å²) in [5.74, 6) is 1.11. The number of methoxy groups -OCH3 is 2. The van der Waals surface area contributed by atoms with E-state index in [0.717, 1.165) is 35.3 Å². The fraction of sp³-hybridized carbons (Fsp3) is 0.417. The molecule has 1 atom stereocenters. The summed E-state index contributed by atoms with van der Waals surface area (Å²) in [5.41, 5.74) is 2.31. The Hall–Kier alpha value is -2.80. The Morgan fingerprint density at radius 1 is 1.23 bits per heavy atom. The van der Waals surface area contributed by atoms with Crippen LogP contribution in [0.3, 0.4) is 0 Å². The van der Waals surface area contributed by atoms with Crippen molar-refractivity contribution in [3.05, 3.63) is 45.8 Å². The van der Waals surface area contributed by atoms with E-state index in [9.17, 15) is 9.59 Å². The number of thiophene rings is 1. The lowest BCUT2D eigenvalue weighted by atomic mass is 9.88. The molecule has 1 N–H and O–H groups in total. The van der Waals surface area contributed by atoms with Crippen LogP contribution >= 0.6 is 11.3 Å². The number of carbonyl (C=O) groups is 2. The fourth-order valence-corrected chi connectivity index (χ4v) is 5.02. The maximum absolute atomic E-state index is 12.6. The lowest BCUT2D eigenvalue weighted by Crippen LogP contribution is -2.14. The number of benzene rings is 1. The van der Waals surface area contributed by atoms with Crippen LogP contribution in [-0.2, 0) is 22.4 Å². The molecule has 0 radical (unpaired) electrons. The molecule has 1 aliphatic rings. The number of hydrogen-bond acceptors (Lipinski definition) is 6. The Balaban J connectivity index is 1.78. The van der Waals surface area contributed by atoms with Gasteiger partial charge < -0.3 is 19.5 Å². The monoisotopic (exact) mass is 443 g/mol. The summed E-state index contributed by atoms with van der Waals surface area (Å²) < 4.78 is 16.1. The highest BCUT2D eigenvalue weighted by atomic mass is 32.1. The second-order valence-corrected chi connectivity index (χ2v) is 9.05. The van der Waals surface area contributed by atoms with Crippen LogP contribution in [-0.4, -0.2) is 32.2 Å². The zero-order chi connectivity index (χ0) is 22.5. The van der Waals surface area contributed by atoms with Crippen molar-refractivity contribution < 1.29 is 23.8 Å². The molecule has 2 aromatic rings. The Morgan fingerprint density at radius 2 is 2.00 bits per heavy atom. The molecule has 0 saturated carbocycles. The van der Waals surface area contributed by atoms with Crippen molar-refractivity contribution in [2.75, 3.05) is 19.5 Å². The van der Waals surface area contributed by atoms with Crippen molar-refractivity contribution in [2.45, 2.75) is 46.1 Å². The fourth-order valence-electron chi connectivity index (χ4n) is 3.62. The van der Waals surface area contributed by atoms with Crippen LogP contribution in [0.25, 0.3) is 6.08 Å². The maximum Gasteiger partial charge on any atom is 0.341 e. The Morgan fingerprint density at radius 3 is 2.68 bits per heavy atom. The largest absolute Gasteiger partial charge is 0.493 e. The molecule has 1 aromatic carbocycles. The number of fused-ring (bicyclic) bond motifs is 1. The van der Waals surface area contributed by atoms with Crippen LogP contribution in [0.1, 0.15) is 53.6 Å². The van der Waals surface area contributed by atoms with Crippen molar-refractivity contribution in [1.82, 2.24) is 0 Å². The summed E-state index contributed by atoms with van der Waals surface area (Å²) in [6.07, 6.45) is 5.95. The molecular weight excluding hydrogens is 414 g/mol. The minimum absolute atomic E-state index is 0.0321. The van der Waals surface area contributed by atoms with Gasteiger partial charge in [0.1, 0.15) is 5.00 Å². The molecule has 3 rings (SSSR count). The third-order valence-corrected chi connectivity index (χ3v) is 6.29. The van der Waals surface area contributed by atoms with E-state index in [0.29, 0.717) is 28.0 Å². The summed E-state index contributed by atoms with van der Waals surface area (Å²) in [5, 5.41) is 3.42. The Kier molecular flexibility index (Phi) is 7.38. The Labute approximate surface area is 187 Å². The smallest absolute Gasteiger partial charge is 0.341 e. The normalized spacial score (nSPS) is 15.6. The molecular formula is C24H29NO5S. The zero-order valence-electron chi connectivity index (χ0n) is 18.6. The van der Waals surface area contributed by atoms with Crippen LogP contribution < -0.4 is 14.8 Å². The summed E-state index contributed by atoms with van der Waals surface area (Å²) in [6.45, 7) is 6.10. The van der Waals surface area contributed by atoms with E-state index in [2.05, 4.69) is 12.2 Å². The quantitative estimate of drug-likeness (QED) is 0.476. The van der Waals surface area contributed by atoms with Gasteiger partial charge in [0, 0.05) is 11.0 Å². The van der Waals surface area contributed by atoms with Crippen LogP contribution in [0.15, 0.2) is 24.3 Å². The van der Waals surface area contributed by atoms with Crippen molar-refractivity contribution in [3.8, 4) is 11.5 Å². The molecule has 1 heterocycles. The molecule has 0 saturated heterocycles. The van der Waals surface area contributed by atoms with Crippen molar-refractivity contribution in [3.63, 3.8) is 0 Å². The van der Waals surface area contributed by atoms with Crippen LogP contribution in [0, 0.1) is 5.92 Å². The lowest BCUT2D eigenvalue weighted by molar-refractivity contribution is -0.111. The molecule has 166 valence electrons. The molecule has 0 bridgehead atoms. The third kappa shape index (κ3) is 5.47. The zero-order valence-corrected chi connectivity index (χ0v) is 19.4. The lowest BCUT2D eigenvalue weighted by Gasteiger charge is -2.18. The number of esters is 1. The number of amides is 1. The first kappa shape index (κ1) is 22.9. The molecule has 1 unspecified atom stereocenters. The molecule has 6 nitrogen and oxygen atoms in total. The number of rotatable bonds is 7. The highest BCUT2D eigenvalue weighted by molar-refractivity contribution is 7.17. The standard InChI is InChI=1S/C24H29NO5S/c1-14(2)30-18-10-7-16(13-19(18)28-4)8-11-21(26)25-23-22(24(27)29-5)17-9-6-15(3)12-20(17)31-23/h7-8,10-11,13-15H,6,9,12H2,1-5H3,(H,25,26). The number of nitrogens with one attached hydrogen (secondary N) is 1. The van der Waals surface area contributed by atoms with E-state index < -0.39 is 5.97 Å². The third-order valence-electron chi connectivity index (χ3n) is 5.12. The maximum atomic E-state index is 12.6. The van der Waals surface area contributed by atoms with E-state index >= 15 is 0 Å². The predicted octanol–water partition coefficient (Wildman–Crippen LogP) is 5.11. The van der Waals surface area contributed by atoms with Gasteiger partial charge >= 0.3 is 5.97 Å². The predicted molar refractivity (Wildman–Crippen MR) is 123 cm³/mol. The number of hydrogen-bond donors (Lipinski definition) is 1. The van der Waals surface area contributed by atoms with Gasteiger partial charge in [-0.3, -0.25) is 4.79 Å². The van der Waals surface area contributed by atoms with Gasteiger partial charge in [0.25, 0.3) is 0 Å². The van der Waals surface area contributed by atoms with Gasteiger partial charge in [-0.2, -0.15) is 0 Å². The minimum Gasteiger partial charge on any atom is -0.493 e. The first-order valence-corrected chi connectivity index (χ1v) is 11.2. The Bertz CT molecular complexity index is 992. The van der Waals surface area contributed by atoms with E-state index in [1.807, 2.05) is 32.0 Å². The van der Waals surface area contributed by atoms with Gasteiger partial charge in [-0.1, -0.05) is 13.0 Å². The molecule has 7 heteroatoms. The molecule has 0 aliphatic heterocycles. The van der Waals surface area contributed by atoms with Crippen LogP contribution in [0.4, 0.5) is 5.00 Å². The second kappa shape index (κ2) is 10.0. The topological polar surface area (TPSA) is 73.9 Å².